The Hall–Kier alpha value is -1.36. The van der Waals surface area contributed by atoms with Crippen LogP contribution in [-0.4, -0.2) is 35.6 Å². The second kappa shape index (κ2) is 7.06. The first kappa shape index (κ1) is 13.7. The quantitative estimate of drug-likeness (QED) is 0.791. The summed E-state index contributed by atoms with van der Waals surface area (Å²) in [5.41, 5.74) is 0.763. The van der Waals surface area contributed by atoms with Crippen molar-refractivity contribution >= 4 is 11.8 Å². The maximum atomic E-state index is 11.7. The zero-order chi connectivity index (χ0) is 12.7. The molecule has 5 nitrogen and oxygen atoms in total. The van der Waals surface area contributed by atoms with Gasteiger partial charge >= 0.3 is 0 Å². The molecular formula is C12H21N3O2. The molecule has 1 heterocycles. The van der Waals surface area contributed by atoms with E-state index in [1.165, 1.54) is 0 Å². The molecule has 0 fully saturated rings. The van der Waals surface area contributed by atoms with E-state index in [1.807, 2.05) is 6.92 Å². The number of nitrogens with one attached hydrogen (secondary N) is 1. The Bertz CT molecular complexity index is 343. The lowest BCUT2D eigenvalue weighted by atomic mass is 10.3. The molecule has 0 saturated heterocycles. The second-order valence-electron chi connectivity index (χ2n) is 4.16. The van der Waals surface area contributed by atoms with E-state index in [2.05, 4.69) is 29.2 Å². The summed E-state index contributed by atoms with van der Waals surface area (Å²) in [7, 11) is 0. The molecule has 1 amide bonds. The standard InChI is InChI=1S/C12H21N3O2/c1-4-6-15(7-5-2)9-11(16)13-12-8-10(3)14-17-12/h8H,4-7,9H2,1-3H3,(H,13,16). The van der Waals surface area contributed by atoms with E-state index in [0.717, 1.165) is 31.6 Å². The molecular weight excluding hydrogens is 218 g/mol. The first-order valence-electron chi connectivity index (χ1n) is 6.11. The largest absolute Gasteiger partial charge is 0.338 e. The molecule has 0 aromatic carbocycles. The van der Waals surface area contributed by atoms with Crippen molar-refractivity contribution < 1.29 is 9.32 Å². The highest BCUT2D eigenvalue weighted by Gasteiger charge is 2.11. The highest BCUT2D eigenvalue weighted by Crippen LogP contribution is 2.08. The monoisotopic (exact) mass is 239 g/mol. The zero-order valence-corrected chi connectivity index (χ0v) is 10.8. The summed E-state index contributed by atoms with van der Waals surface area (Å²) < 4.78 is 4.94. The Morgan fingerprint density at radius 3 is 2.53 bits per heavy atom. The molecule has 0 aliphatic carbocycles. The van der Waals surface area contributed by atoms with Crippen molar-refractivity contribution in [2.75, 3.05) is 25.0 Å². The molecule has 0 atom stereocenters. The number of carbonyl (C=O) groups is 1. The van der Waals surface area contributed by atoms with Gasteiger partial charge in [-0.25, -0.2) is 0 Å². The molecule has 1 rings (SSSR count). The number of hydrogen-bond donors (Lipinski definition) is 1. The topological polar surface area (TPSA) is 58.4 Å². The van der Waals surface area contributed by atoms with Gasteiger partial charge in [0.05, 0.1) is 12.2 Å². The third kappa shape index (κ3) is 4.99. The lowest BCUT2D eigenvalue weighted by Gasteiger charge is -2.19. The number of aromatic nitrogens is 1. The van der Waals surface area contributed by atoms with Crippen LogP contribution in [0.4, 0.5) is 5.88 Å². The van der Waals surface area contributed by atoms with E-state index < -0.39 is 0 Å². The molecule has 0 aliphatic rings. The molecule has 1 aromatic heterocycles. The van der Waals surface area contributed by atoms with Crippen molar-refractivity contribution in [3.63, 3.8) is 0 Å². The number of nitrogens with zero attached hydrogens (tertiary/aromatic N) is 2. The first-order chi connectivity index (χ1) is 8.15. The SMILES string of the molecule is CCCN(CCC)CC(=O)Nc1cc(C)no1. The lowest BCUT2D eigenvalue weighted by molar-refractivity contribution is -0.117. The molecule has 96 valence electrons. The molecule has 17 heavy (non-hydrogen) atoms. The van der Waals surface area contributed by atoms with Gasteiger partial charge in [0.25, 0.3) is 0 Å². The fourth-order valence-corrected chi connectivity index (χ4v) is 1.70. The highest BCUT2D eigenvalue weighted by molar-refractivity contribution is 5.90. The Labute approximate surface area is 102 Å². The average Bonchev–Trinajstić information content (AvgIpc) is 2.64. The number of aryl methyl sites for hydroxylation is 1. The van der Waals surface area contributed by atoms with Gasteiger partial charge in [-0.2, -0.15) is 0 Å². The molecule has 0 radical (unpaired) electrons. The van der Waals surface area contributed by atoms with Crippen LogP contribution in [0.1, 0.15) is 32.4 Å². The fraction of sp³-hybridized carbons (Fsp3) is 0.667. The van der Waals surface area contributed by atoms with Crippen molar-refractivity contribution in [2.45, 2.75) is 33.6 Å². The smallest absolute Gasteiger partial charge is 0.240 e. The van der Waals surface area contributed by atoms with Crippen LogP contribution in [0.5, 0.6) is 0 Å². The van der Waals surface area contributed by atoms with Gasteiger partial charge in [0, 0.05) is 6.07 Å². The minimum atomic E-state index is -0.0527. The van der Waals surface area contributed by atoms with E-state index >= 15 is 0 Å². The summed E-state index contributed by atoms with van der Waals surface area (Å²) >= 11 is 0. The second-order valence-corrected chi connectivity index (χ2v) is 4.16. The van der Waals surface area contributed by atoms with Crippen LogP contribution in [-0.2, 0) is 4.79 Å². The Kier molecular flexibility index (Phi) is 5.69. The highest BCUT2D eigenvalue weighted by atomic mass is 16.5. The van der Waals surface area contributed by atoms with Gasteiger partial charge in [-0.05, 0) is 32.9 Å². The Balaban J connectivity index is 2.41. The summed E-state index contributed by atoms with van der Waals surface area (Å²) in [5, 5.41) is 6.42. The van der Waals surface area contributed by atoms with Crippen molar-refractivity contribution in [2.24, 2.45) is 0 Å². The number of amides is 1. The molecule has 0 bridgehead atoms. The van der Waals surface area contributed by atoms with Gasteiger partial charge in [-0.3, -0.25) is 15.0 Å². The van der Waals surface area contributed by atoms with Crippen LogP contribution in [0, 0.1) is 6.92 Å². The average molecular weight is 239 g/mol. The van der Waals surface area contributed by atoms with Gasteiger partial charge in [0.15, 0.2) is 0 Å². The summed E-state index contributed by atoms with van der Waals surface area (Å²) in [4.78, 5) is 13.9. The lowest BCUT2D eigenvalue weighted by Crippen LogP contribution is -2.34. The summed E-state index contributed by atoms with van der Waals surface area (Å²) in [6, 6.07) is 1.71. The van der Waals surface area contributed by atoms with Crippen LogP contribution in [0.15, 0.2) is 10.6 Å². The van der Waals surface area contributed by atoms with Crippen LogP contribution >= 0.6 is 0 Å². The van der Waals surface area contributed by atoms with E-state index in [-0.39, 0.29) is 5.91 Å². The maximum absolute atomic E-state index is 11.7. The summed E-state index contributed by atoms with van der Waals surface area (Å²) in [5.74, 6) is 0.364. The third-order valence-electron chi connectivity index (χ3n) is 2.34. The molecule has 0 unspecified atom stereocenters. The van der Waals surface area contributed by atoms with Gasteiger partial charge < -0.3 is 4.52 Å². The van der Waals surface area contributed by atoms with Crippen molar-refractivity contribution in [3.05, 3.63) is 11.8 Å². The van der Waals surface area contributed by atoms with Crippen molar-refractivity contribution in [1.82, 2.24) is 10.1 Å². The fourth-order valence-electron chi connectivity index (χ4n) is 1.70. The number of hydrogen-bond acceptors (Lipinski definition) is 4. The van der Waals surface area contributed by atoms with E-state index in [0.29, 0.717) is 12.4 Å². The molecule has 5 heteroatoms. The summed E-state index contributed by atoms with van der Waals surface area (Å²) in [6.07, 6.45) is 2.10. The summed E-state index contributed by atoms with van der Waals surface area (Å²) in [6.45, 7) is 8.33. The van der Waals surface area contributed by atoms with E-state index in [4.69, 9.17) is 4.52 Å². The minimum Gasteiger partial charge on any atom is -0.338 e. The Morgan fingerprint density at radius 2 is 2.06 bits per heavy atom. The van der Waals surface area contributed by atoms with Crippen LogP contribution < -0.4 is 5.32 Å². The van der Waals surface area contributed by atoms with Gasteiger partial charge in [-0.15, -0.1) is 0 Å². The van der Waals surface area contributed by atoms with Crippen molar-refractivity contribution in [1.29, 1.82) is 0 Å². The number of rotatable bonds is 7. The molecule has 0 spiro atoms. The van der Waals surface area contributed by atoms with E-state index in [9.17, 15) is 4.79 Å². The number of anilines is 1. The molecule has 1 aromatic rings. The molecule has 1 N–H and O–H groups in total. The minimum absolute atomic E-state index is 0.0527. The predicted molar refractivity (Wildman–Crippen MR) is 66.9 cm³/mol. The van der Waals surface area contributed by atoms with Gasteiger partial charge in [-0.1, -0.05) is 19.0 Å². The van der Waals surface area contributed by atoms with Crippen LogP contribution in [0.2, 0.25) is 0 Å². The number of carbonyl (C=O) groups excluding carboxylic acids is 1. The first-order valence-corrected chi connectivity index (χ1v) is 6.11. The van der Waals surface area contributed by atoms with Gasteiger partial charge in [0.1, 0.15) is 0 Å². The molecule has 0 saturated carbocycles. The molecule has 0 aliphatic heterocycles. The maximum Gasteiger partial charge on any atom is 0.240 e. The predicted octanol–water partition coefficient (Wildman–Crippen LogP) is 2.04. The van der Waals surface area contributed by atoms with Crippen molar-refractivity contribution in [3.8, 4) is 0 Å². The van der Waals surface area contributed by atoms with E-state index in [1.54, 1.807) is 6.07 Å². The van der Waals surface area contributed by atoms with Crippen LogP contribution in [0.25, 0.3) is 0 Å². The Morgan fingerprint density at radius 1 is 1.41 bits per heavy atom. The third-order valence-corrected chi connectivity index (χ3v) is 2.34. The normalized spacial score (nSPS) is 10.8. The van der Waals surface area contributed by atoms with Crippen LogP contribution in [0.3, 0.4) is 0 Å². The van der Waals surface area contributed by atoms with Gasteiger partial charge in [0.2, 0.25) is 11.8 Å². The zero-order valence-electron chi connectivity index (χ0n) is 10.8.